The molecule has 0 saturated heterocycles. The molecule has 0 unspecified atom stereocenters. The second-order valence-electron chi connectivity index (χ2n) is 6.04. The van der Waals surface area contributed by atoms with Crippen LogP contribution in [-0.2, 0) is 23.2 Å². The predicted molar refractivity (Wildman–Crippen MR) is 93.9 cm³/mol. The Morgan fingerprint density at radius 2 is 2.08 bits per heavy atom. The number of amides is 2. The van der Waals surface area contributed by atoms with Crippen LogP contribution in [0.15, 0.2) is 29.2 Å². The summed E-state index contributed by atoms with van der Waals surface area (Å²) in [5, 5.41) is 10.1. The Balaban J connectivity index is 1.78. The number of carbonyl (C=O) groups is 2. The number of nitrogens with zero attached hydrogens (tertiary/aromatic N) is 2. The van der Waals surface area contributed by atoms with Gasteiger partial charge in [0, 0.05) is 29.7 Å². The molecule has 0 radical (unpaired) electrons. The molecule has 1 aliphatic rings. The molecule has 6 nitrogen and oxygen atoms in total. The number of rotatable bonds is 3. The summed E-state index contributed by atoms with van der Waals surface area (Å²) in [6.07, 6.45) is 0. The van der Waals surface area contributed by atoms with Gasteiger partial charge < -0.3 is 10.6 Å². The molecule has 0 spiro atoms. The number of nitrogens with one attached hydrogen (secondary N) is 2. The Morgan fingerprint density at radius 3 is 2.75 bits per heavy atom. The number of aryl methyl sites for hydroxylation is 2. The molecule has 0 fully saturated rings. The van der Waals surface area contributed by atoms with Gasteiger partial charge in [0.2, 0.25) is 11.8 Å². The van der Waals surface area contributed by atoms with E-state index in [0.717, 1.165) is 27.5 Å². The van der Waals surface area contributed by atoms with Gasteiger partial charge in [0.05, 0.1) is 11.4 Å². The number of fused-ring (bicyclic) bond motifs is 1. The highest BCUT2D eigenvalue weighted by Crippen LogP contribution is 2.42. The Kier molecular flexibility index (Phi) is 4.13. The second-order valence-corrected chi connectivity index (χ2v) is 7.50. The van der Waals surface area contributed by atoms with Gasteiger partial charge >= 0.3 is 0 Å². The van der Waals surface area contributed by atoms with Gasteiger partial charge in [0.15, 0.2) is 4.75 Å². The zero-order chi connectivity index (χ0) is 17.5. The van der Waals surface area contributed by atoms with E-state index in [2.05, 4.69) is 15.7 Å². The smallest absolute Gasteiger partial charge is 0.250 e. The Labute approximate surface area is 145 Å². The molecule has 1 aromatic heterocycles. The molecule has 0 saturated carbocycles. The summed E-state index contributed by atoms with van der Waals surface area (Å²) in [4.78, 5) is 26.1. The van der Waals surface area contributed by atoms with Crippen LogP contribution in [0.1, 0.15) is 23.9 Å². The largest absolute Gasteiger partial charge is 0.350 e. The molecule has 2 N–H and O–H groups in total. The first-order chi connectivity index (χ1) is 11.3. The molecule has 24 heavy (non-hydrogen) atoms. The van der Waals surface area contributed by atoms with Gasteiger partial charge in [-0.3, -0.25) is 14.3 Å². The first kappa shape index (κ1) is 16.6. The standard InChI is InChI=1S/C17H20N4O2S/c1-10-12(11(2)21(4)20-10)9-18-15(22)17(3)16(23)19-13-7-5-6-8-14(13)24-17/h5-8H,9H2,1-4H3,(H,18,22)(H,19,23)/t17-/m1/s1. The highest BCUT2D eigenvalue weighted by molar-refractivity contribution is 8.02. The number of anilines is 1. The second kappa shape index (κ2) is 5.98. The maximum absolute atomic E-state index is 12.7. The first-order valence-electron chi connectivity index (χ1n) is 7.70. The summed E-state index contributed by atoms with van der Waals surface area (Å²) in [6.45, 7) is 5.88. The summed E-state index contributed by atoms with van der Waals surface area (Å²) < 4.78 is 0.592. The van der Waals surface area contributed by atoms with E-state index in [9.17, 15) is 9.59 Å². The fraction of sp³-hybridized carbons (Fsp3) is 0.353. The monoisotopic (exact) mass is 344 g/mol. The van der Waals surface area contributed by atoms with Crippen LogP contribution >= 0.6 is 11.8 Å². The molecule has 7 heteroatoms. The molecule has 2 heterocycles. The van der Waals surface area contributed by atoms with Gasteiger partial charge in [-0.05, 0) is 32.9 Å². The topological polar surface area (TPSA) is 76.0 Å². The van der Waals surface area contributed by atoms with Crippen LogP contribution < -0.4 is 10.6 Å². The van der Waals surface area contributed by atoms with Crippen LogP contribution in [-0.4, -0.2) is 26.3 Å². The van der Waals surface area contributed by atoms with Crippen molar-refractivity contribution >= 4 is 29.3 Å². The number of hydrogen-bond donors (Lipinski definition) is 2. The Bertz CT molecular complexity index is 830. The van der Waals surface area contributed by atoms with Crippen LogP contribution in [0.5, 0.6) is 0 Å². The number of carbonyl (C=O) groups excluding carboxylic acids is 2. The zero-order valence-corrected chi connectivity index (χ0v) is 15.0. The molecule has 2 amide bonds. The van der Waals surface area contributed by atoms with Gasteiger partial charge in [-0.25, -0.2) is 0 Å². The van der Waals surface area contributed by atoms with E-state index >= 15 is 0 Å². The Hall–Kier alpha value is -2.28. The van der Waals surface area contributed by atoms with E-state index in [1.54, 1.807) is 11.6 Å². The summed E-state index contributed by atoms with van der Waals surface area (Å²) in [5.41, 5.74) is 3.61. The van der Waals surface area contributed by atoms with E-state index in [4.69, 9.17) is 0 Å². The molecule has 1 aromatic carbocycles. The minimum absolute atomic E-state index is 0.302. The first-order valence-corrected chi connectivity index (χ1v) is 8.51. The van der Waals surface area contributed by atoms with Crippen molar-refractivity contribution < 1.29 is 9.59 Å². The lowest BCUT2D eigenvalue weighted by molar-refractivity contribution is -0.130. The molecule has 0 bridgehead atoms. The molecular weight excluding hydrogens is 324 g/mol. The summed E-state index contributed by atoms with van der Waals surface area (Å²) in [5.74, 6) is -0.606. The van der Waals surface area contributed by atoms with Crippen LogP contribution in [0.4, 0.5) is 5.69 Å². The van der Waals surface area contributed by atoms with Crippen LogP contribution in [0.3, 0.4) is 0 Å². The third-order valence-electron chi connectivity index (χ3n) is 4.40. The average molecular weight is 344 g/mol. The fourth-order valence-corrected chi connectivity index (χ4v) is 3.85. The SMILES string of the molecule is Cc1nn(C)c(C)c1CNC(=O)[C@@]1(C)Sc2ccccc2NC1=O. The van der Waals surface area contributed by atoms with Crippen molar-refractivity contribution in [3.05, 3.63) is 41.2 Å². The Morgan fingerprint density at radius 1 is 1.38 bits per heavy atom. The predicted octanol–water partition coefficient (Wildman–Crippen LogP) is 2.16. The fourth-order valence-electron chi connectivity index (χ4n) is 2.73. The maximum atomic E-state index is 12.7. The number of benzene rings is 1. The lowest BCUT2D eigenvalue weighted by Crippen LogP contribution is -2.51. The van der Waals surface area contributed by atoms with Gasteiger partial charge in [0.1, 0.15) is 0 Å². The third-order valence-corrected chi connectivity index (χ3v) is 5.76. The van der Waals surface area contributed by atoms with Gasteiger partial charge in [-0.15, -0.1) is 0 Å². The molecule has 2 aromatic rings. The summed E-state index contributed by atoms with van der Waals surface area (Å²) in [6, 6.07) is 7.49. The number of aromatic nitrogens is 2. The number of hydrogen-bond acceptors (Lipinski definition) is 4. The van der Waals surface area contributed by atoms with Crippen molar-refractivity contribution in [1.29, 1.82) is 0 Å². The quantitative estimate of drug-likeness (QED) is 0.837. The average Bonchev–Trinajstić information content (AvgIpc) is 2.79. The van der Waals surface area contributed by atoms with Crippen molar-refractivity contribution in [2.75, 3.05) is 5.32 Å². The molecule has 0 aliphatic carbocycles. The highest BCUT2D eigenvalue weighted by atomic mass is 32.2. The highest BCUT2D eigenvalue weighted by Gasteiger charge is 2.45. The van der Waals surface area contributed by atoms with Gasteiger partial charge in [-0.1, -0.05) is 23.9 Å². The normalized spacial score (nSPS) is 19.6. The maximum Gasteiger partial charge on any atom is 0.250 e. The summed E-state index contributed by atoms with van der Waals surface area (Å²) in [7, 11) is 1.87. The van der Waals surface area contributed by atoms with Crippen molar-refractivity contribution in [1.82, 2.24) is 15.1 Å². The molecule has 1 aliphatic heterocycles. The van der Waals surface area contributed by atoms with Crippen LogP contribution in [0, 0.1) is 13.8 Å². The minimum Gasteiger partial charge on any atom is -0.350 e. The van der Waals surface area contributed by atoms with E-state index in [1.807, 2.05) is 45.2 Å². The van der Waals surface area contributed by atoms with Crippen molar-refractivity contribution in [2.24, 2.45) is 7.05 Å². The zero-order valence-electron chi connectivity index (χ0n) is 14.1. The molecule has 126 valence electrons. The molecule has 3 rings (SSSR count). The van der Waals surface area contributed by atoms with E-state index in [-0.39, 0.29) is 11.8 Å². The minimum atomic E-state index is -1.20. The lowest BCUT2D eigenvalue weighted by atomic mass is 10.1. The lowest BCUT2D eigenvalue weighted by Gasteiger charge is -2.31. The number of thioether (sulfide) groups is 1. The summed E-state index contributed by atoms with van der Waals surface area (Å²) >= 11 is 1.28. The molecule has 1 atom stereocenters. The van der Waals surface area contributed by atoms with Crippen LogP contribution in [0.2, 0.25) is 0 Å². The van der Waals surface area contributed by atoms with Crippen molar-refractivity contribution in [2.45, 2.75) is 37.0 Å². The van der Waals surface area contributed by atoms with Crippen LogP contribution in [0.25, 0.3) is 0 Å². The van der Waals surface area contributed by atoms with Crippen molar-refractivity contribution in [3.8, 4) is 0 Å². The van der Waals surface area contributed by atoms with E-state index < -0.39 is 4.75 Å². The van der Waals surface area contributed by atoms with Gasteiger partial charge in [-0.2, -0.15) is 5.10 Å². The number of para-hydroxylation sites is 1. The molecular formula is C17H20N4O2S. The van der Waals surface area contributed by atoms with Gasteiger partial charge in [0.25, 0.3) is 0 Å². The van der Waals surface area contributed by atoms with E-state index in [1.165, 1.54) is 11.8 Å². The van der Waals surface area contributed by atoms with E-state index in [0.29, 0.717) is 6.54 Å². The third kappa shape index (κ3) is 2.69. The van der Waals surface area contributed by atoms with Crippen molar-refractivity contribution in [3.63, 3.8) is 0 Å².